The van der Waals surface area contributed by atoms with Crippen LogP contribution in [0, 0.1) is 0 Å². The van der Waals surface area contributed by atoms with Crippen molar-refractivity contribution in [2.45, 2.75) is 26.1 Å². The van der Waals surface area contributed by atoms with E-state index in [0.29, 0.717) is 31.1 Å². The number of para-hydroxylation sites is 2. The lowest BCUT2D eigenvalue weighted by molar-refractivity contribution is -0.00573. The van der Waals surface area contributed by atoms with Crippen LogP contribution in [-0.4, -0.2) is 76.1 Å². The quantitative estimate of drug-likeness (QED) is 0.662. The van der Waals surface area contributed by atoms with E-state index < -0.39 is 0 Å². The van der Waals surface area contributed by atoms with Crippen LogP contribution in [0.15, 0.2) is 30.6 Å². The van der Waals surface area contributed by atoms with Gasteiger partial charge in [-0.1, -0.05) is 12.1 Å². The molecule has 152 valence electrons. The van der Waals surface area contributed by atoms with Crippen LogP contribution in [0.25, 0.3) is 17.0 Å². The van der Waals surface area contributed by atoms with Crippen molar-refractivity contribution in [3.05, 3.63) is 30.6 Å². The molecular weight excluding hydrogens is 370 g/mol. The zero-order chi connectivity index (χ0) is 19.8. The Hall–Kier alpha value is -2.78. The minimum absolute atomic E-state index is 0.125. The van der Waals surface area contributed by atoms with E-state index in [9.17, 15) is 0 Å². The van der Waals surface area contributed by atoms with Gasteiger partial charge in [-0.25, -0.2) is 4.98 Å². The van der Waals surface area contributed by atoms with Crippen LogP contribution < -0.4 is 9.80 Å². The molecule has 0 amide bonds. The molecule has 0 saturated carbocycles. The van der Waals surface area contributed by atoms with Gasteiger partial charge in [-0.2, -0.15) is 15.0 Å². The standard InChI is InChI=1S/C20H25N7O2/c1-14-11-26(12-15(2)29-14)19-22-18(25-7-9-28-10-8-25)23-20(24-19)27-13-21-16-5-3-4-6-17(16)27/h3-6,13-15H,7-12H2,1-2H3. The van der Waals surface area contributed by atoms with Crippen LogP contribution in [-0.2, 0) is 9.47 Å². The molecule has 2 atom stereocenters. The van der Waals surface area contributed by atoms with Gasteiger partial charge in [0.1, 0.15) is 6.33 Å². The van der Waals surface area contributed by atoms with E-state index in [1.807, 2.05) is 28.8 Å². The Kier molecular flexibility index (Phi) is 4.76. The van der Waals surface area contributed by atoms with Crippen molar-refractivity contribution in [3.63, 3.8) is 0 Å². The van der Waals surface area contributed by atoms with E-state index in [0.717, 1.165) is 37.2 Å². The largest absolute Gasteiger partial charge is 0.378 e. The summed E-state index contributed by atoms with van der Waals surface area (Å²) in [6.45, 7) is 8.55. The summed E-state index contributed by atoms with van der Waals surface area (Å²) < 4.78 is 13.3. The molecule has 3 aromatic rings. The Morgan fingerprint density at radius 3 is 2.28 bits per heavy atom. The van der Waals surface area contributed by atoms with Crippen molar-refractivity contribution < 1.29 is 9.47 Å². The molecule has 2 aromatic heterocycles. The molecule has 9 nitrogen and oxygen atoms in total. The second kappa shape index (κ2) is 7.57. The summed E-state index contributed by atoms with van der Waals surface area (Å²) in [6.07, 6.45) is 2.03. The first-order valence-electron chi connectivity index (χ1n) is 10.1. The van der Waals surface area contributed by atoms with Gasteiger partial charge in [-0.05, 0) is 26.0 Å². The average molecular weight is 395 g/mol. The number of nitrogens with zero attached hydrogens (tertiary/aromatic N) is 7. The summed E-state index contributed by atoms with van der Waals surface area (Å²) in [5.74, 6) is 1.94. The number of anilines is 2. The Labute approximate surface area is 169 Å². The molecular formula is C20H25N7O2. The van der Waals surface area contributed by atoms with E-state index in [4.69, 9.17) is 24.4 Å². The molecule has 9 heteroatoms. The molecule has 2 saturated heterocycles. The molecule has 29 heavy (non-hydrogen) atoms. The highest BCUT2D eigenvalue weighted by atomic mass is 16.5. The second-order valence-corrected chi connectivity index (χ2v) is 7.60. The average Bonchev–Trinajstić information content (AvgIpc) is 3.18. The van der Waals surface area contributed by atoms with Crippen LogP contribution in [0.4, 0.5) is 11.9 Å². The number of aromatic nitrogens is 5. The van der Waals surface area contributed by atoms with Gasteiger partial charge in [0.25, 0.3) is 0 Å². The molecule has 2 unspecified atom stereocenters. The van der Waals surface area contributed by atoms with Crippen molar-refractivity contribution in [1.82, 2.24) is 24.5 Å². The second-order valence-electron chi connectivity index (χ2n) is 7.60. The number of benzene rings is 1. The van der Waals surface area contributed by atoms with Gasteiger partial charge in [-0.3, -0.25) is 4.57 Å². The first-order valence-corrected chi connectivity index (χ1v) is 10.1. The monoisotopic (exact) mass is 395 g/mol. The highest BCUT2D eigenvalue weighted by Crippen LogP contribution is 2.23. The maximum Gasteiger partial charge on any atom is 0.242 e. The smallest absolute Gasteiger partial charge is 0.242 e. The Morgan fingerprint density at radius 2 is 1.52 bits per heavy atom. The molecule has 0 bridgehead atoms. The molecule has 2 fully saturated rings. The number of hydrogen-bond acceptors (Lipinski definition) is 8. The Morgan fingerprint density at radius 1 is 0.862 bits per heavy atom. The van der Waals surface area contributed by atoms with Crippen molar-refractivity contribution in [3.8, 4) is 5.95 Å². The minimum Gasteiger partial charge on any atom is -0.378 e. The summed E-state index contributed by atoms with van der Waals surface area (Å²) in [5, 5.41) is 0. The zero-order valence-corrected chi connectivity index (χ0v) is 16.7. The molecule has 5 rings (SSSR count). The zero-order valence-electron chi connectivity index (χ0n) is 16.7. The van der Waals surface area contributed by atoms with Gasteiger partial charge in [0.15, 0.2) is 0 Å². The van der Waals surface area contributed by atoms with Crippen LogP contribution in [0.5, 0.6) is 0 Å². The van der Waals surface area contributed by atoms with Gasteiger partial charge in [0, 0.05) is 26.2 Å². The molecule has 4 heterocycles. The number of rotatable bonds is 3. The van der Waals surface area contributed by atoms with Crippen molar-refractivity contribution in [2.24, 2.45) is 0 Å². The van der Waals surface area contributed by atoms with Crippen LogP contribution in [0.3, 0.4) is 0 Å². The molecule has 2 aliphatic heterocycles. The topological polar surface area (TPSA) is 81.4 Å². The van der Waals surface area contributed by atoms with Gasteiger partial charge >= 0.3 is 0 Å². The summed E-state index contributed by atoms with van der Waals surface area (Å²) in [5.41, 5.74) is 1.89. The van der Waals surface area contributed by atoms with Crippen molar-refractivity contribution in [1.29, 1.82) is 0 Å². The van der Waals surface area contributed by atoms with E-state index in [1.165, 1.54) is 0 Å². The molecule has 1 aromatic carbocycles. The maximum atomic E-state index is 5.89. The highest BCUT2D eigenvalue weighted by molar-refractivity contribution is 5.76. The Balaban J connectivity index is 1.60. The minimum atomic E-state index is 0.125. The number of ether oxygens (including phenoxy) is 2. The fourth-order valence-electron chi connectivity index (χ4n) is 3.96. The number of fused-ring (bicyclic) bond motifs is 1. The highest BCUT2D eigenvalue weighted by Gasteiger charge is 2.26. The third-order valence-corrected chi connectivity index (χ3v) is 5.27. The molecule has 0 aliphatic carbocycles. The molecule has 0 spiro atoms. The summed E-state index contributed by atoms with van der Waals surface area (Å²) in [6, 6.07) is 7.99. The lowest BCUT2D eigenvalue weighted by Gasteiger charge is -2.36. The third kappa shape index (κ3) is 3.63. The fourth-order valence-corrected chi connectivity index (χ4v) is 3.96. The Bertz CT molecular complexity index is 991. The van der Waals surface area contributed by atoms with Crippen molar-refractivity contribution in [2.75, 3.05) is 49.2 Å². The maximum absolute atomic E-state index is 5.89. The van der Waals surface area contributed by atoms with Gasteiger partial charge in [-0.15, -0.1) is 0 Å². The first-order chi connectivity index (χ1) is 14.2. The lowest BCUT2D eigenvalue weighted by atomic mass is 10.2. The molecule has 0 N–H and O–H groups in total. The molecule has 2 aliphatic rings. The van der Waals surface area contributed by atoms with E-state index in [-0.39, 0.29) is 12.2 Å². The predicted molar refractivity (Wildman–Crippen MR) is 110 cm³/mol. The summed E-state index contributed by atoms with van der Waals surface area (Å²) >= 11 is 0. The van der Waals surface area contributed by atoms with Gasteiger partial charge in [0.2, 0.25) is 17.8 Å². The summed E-state index contributed by atoms with van der Waals surface area (Å²) in [7, 11) is 0. The summed E-state index contributed by atoms with van der Waals surface area (Å²) in [4.78, 5) is 23.3. The predicted octanol–water partition coefficient (Wildman–Crippen LogP) is 1.66. The van der Waals surface area contributed by atoms with Crippen LogP contribution >= 0.6 is 0 Å². The fraction of sp³-hybridized carbons (Fsp3) is 0.500. The normalized spacial score (nSPS) is 23.0. The SMILES string of the molecule is CC1CN(c2nc(N3CCOCC3)nc(-n3cnc4ccccc43)n2)CC(C)O1. The van der Waals surface area contributed by atoms with Crippen molar-refractivity contribution >= 4 is 22.9 Å². The first kappa shape index (κ1) is 18.3. The van der Waals surface area contributed by atoms with E-state index >= 15 is 0 Å². The number of morpholine rings is 2. The lowest BCUT2D eigenvalue weighted by Crippen LogP contribution is -2.46. The van der Waals surface area contributed by atoms with Gasteiger partial charge < -0.3 is 19.3 Å². The third-order valence-electron chi connectivity index (χ3n) is 5.27. The van der Waals surface area contributed by atoms with Crippen LogP contribution in [0.1, 0.15) is 13.8 Å². The van der Waals surface area contributed by atoms with E-state index in [1.54, 1.807) is 6.33 Å². The van der Waals surface area contributed by atoms with Gasteiger partial charge in [0.05, 0.1) is 36.5 Å². The number of imidazole rings is 1. The number of hydrogen-bond donors (Lipinski definition) is 0. The van der Waals surface area contributed by atoms with E-state index in [2.05, 4.69) is 28.6 Å². The van der Waals surface area contributed by atoms with Crippen LogP contribution in [0.2, 0.25) is 0 Å². The molecule has 0 radical (unpaired) electrons.